The second kappa shape index (κ2) is 10.5. The lowest BCUT2D eigenvalue weighted by molar-refractivity contribution is -0.123. The molecule has 2 aromatic carbocycles. The summed E-state index contributed by atoms with van der Waals surface area (Å²) in [6.45, 7) is 6.06. The molecule has 1 heterocycles. The van der Waals surface area contributed by atoms with Crippen LogP contribution in [0.25, 0.3) is 0 Å². The fraction of sp³-hybridized carbons (Fsp3) is 0.435. The Morgan fingerprint density at radius 2 is 1.79 bits per heavy atom. The third-order valence-electron chi connectivity index (χ3n) is 5.22. The van der Waals surface area contributed by atoms with Gasteiger partial charge in [0.2, 0.25) is 5.91 Å². The first kappa shape index (κ1) is 21.4. The van der Waals surface area contributed by atoms with Crippen LogP contribution in [-0.4, -0.2) is 61.6 Å². The number of hydrogen-bond acceptors (Lipinski definition) is 4. The smallest absolute Gasteiger partial charge is 0.234 e. The van der Waals surface area contributed by atoms with Crippen molar-refractivity contribution in [3.05, 3.63) is 71.5 Å². The normalized spacial score (nSPS) is 17.1. The number of amides is 1. The minimum Gasteiger partial charge on any atom is -0.379 e. The lowest BCUT2D eigenvalue weighted by atomic mass is 9.98. The highest BCUT2D eigenvalue weighted by molar-refractivity contribution is 5.78. The lowest BCUT2D eigenvalue weighted by Crippen LogP contribution is -2.49. The van der Waals surface area contributed by atoms with Crippen LogP contribution in [0.1, 0.15) is 24.1 Å². The Morgan fingerprint density at radius 3 is 2.45 bits per heavy atom. The topological polar surface area (TPSA) is 44.8 Å². The van der Waals surface area contributed by atoms with E-state index in [-0.39, 0.29) is 30.4 Å². The second-order valence-electron chi connectivity index (χ2n) is 7.66. The number of carbonyl (C=O) groups excluding carboxylic acids is 1. The van der Waals surface area contributed by atoms with Crippen LogP contribution in [0.2, 0.25) is 0 Å². The number of carbonyl (C=O) groups is 1. The van der Waals surface area contributed by atoms with Crippen molar-refractivity contribution in [1.82, 2.24) is 15.1 Å². The van der Waals surface area contributed by atoms with Crippen molar-refractivity contribution in [3.63, 3.8) is 0 Å². The molecule has 0 aromatic heterocycles. The summed E-state index contributed by atoms with van der Waals surface area (Å²) in [6, 6.07) is 16.7. The summed E-state index contributed by atoms with van der Waals surface area (Å²) in [6.07, 6.45) is 0. The lowest BCUT2D eigenvalue weighted by Gasteiger charge is -2.38. The molecular formula is C23H30FN3O2. The SMILES string of the molecule is C[C@@H](NC(=O)CN(C)Cc1ccc(F)cc1)[C@@H](c1ccccc1)N1CCOCC1. The molecule has 0 unspecified atom stereocenters. The van der Waals surface area contributed by atoms with Gasteiger partial charge in [-0.1, -0.05) is 42.5 Å². The van der Waals surface area contributed by atoms with Crippen molar-refractivity contribution in [2.24, 2.45) is 0 Å². The molecule has 1 aliphatic heterocycles. The molecule has 1 N–H and O–H groups in total. The molecule has 1 aliphatic rings. The van der Waals surface area contributed by atoms with Crippen LogP contribution in [0.15, 0.2) is 54.6 Å². The van der Waals surface area contributed by atoms with Gasteiger partial charge in [0.05, 0.1) is 25.8 Å². The summed E-state index contributed by atoms with van der Waals surface area (Å²) in [7, 11) is 1.89. The first-order chi connectivity index (χ1) is 14.0. The molecule has 3 rings (SSSR count). The number of nitrogens with one attached hydrogen (secondary N) is 1. The molecule has 2 aromatic rings. The van der Waals surface area contributed by atoms with E-state index >= 15 is 0 Å². The quantitative estimate of drug-likeness (QED) is 0.742. The molecule has 5 nitrogen and oxygen atoms in total. The Labute approximate surface area is 172 Å². The van der Waals surface area contributed by atoms with E-state index in [9.17, 15) is 9.18 Å². The van der Waals surface area contributed by atoms with Crippen LogP contribution in [-0.2, 0) is 16.1 Å². The molecule has 0 spiro atoms. The fourth-order valence-corrected chi connectivity index (χ4v) is 3.90. The Kier molecular flexibility index (Phi) is 7.75. The molecule has 2 atom stereocenters. The van der Waals surface area contributed by atoms with Gasteiger partial charge in [0, 0.05) is 25.7 Å². The molecule has 0 radical (unpaired) electrons. The van der Waals surface area contributed by atoms with Crippen LogP contribution in [0, 0.1) is 5.82 Å². The maximum Gasteiger partial charge on any atom is 0.234 e. The van der Waals surface area contributed by atoms with E-state index in [1.807, 2.05) is 30.1 Å². The van der Waals surface area contributed by atoms with Gasteiger partial charge in [-0.2, -0.15) is 0 Å². The highest BCUT2D eigenvalue weighted by Gasteiger charge is 2.28. The number of rotatable bonds is 8. The molecule has 0 aliphatic carbocycles. The number of benzene rings is 2. The van der Waals surface area contributed by atoms with Crippen LogP contribution in [0.4, 0.5) is 4.39 Å². The average molecular weight is 400 g/mol. The Morgan fingerprint density at radius 1 is 1.14 bits per heavy atom. The monoisotopic (exact) mass is 399 g/mol. The molecule has 1 fully saturated rings. The van der Waals surface area contributed by atoms with Crippen LogP contribution in [0.5, 0.6) is 0 Å². The third kappa shape index (κ3) is 6.35. The summed E-state index contributed by atoms with van der Waals surface area (Å²) in [5.41, 5.74) is 2.17. The van der Waals surface area contributed by atoms with E-state index in [2.05, 4.69) is 29.3 Å². The summed E-state index contributed by atoms with van der Waals surface area (Å²) in [5.74, 6) is -0.269. The zero-order chi connectivity index (χ0) is 20.6. The van der Waals surface area contributed by atoms with Gasteiger partial charge in [-0.3, -0.25) is 14.6 Å². The van der Waals surface area contributed by atoms with E-state index in [4.69, 9.17) is 4.74 Å². The zero-order valence-electron chi connectivity index (χ0n) is 17.2. The molecule has 156 valence electrons. The van der Waals surface area contributed by atoms with Gasteiger partial charge in [-0.05, 0) is 37.2 Å². The number of ether oxygens (including phenoxy) is 1. The average Bonchev–Trinajstić information content (AvgIpc) is 2.71. The molecule has 1 saturated heterocycles. The highest BCUT2D eigenvalue weighted by Crippen LogP contribution is 2.25. The van der Waals surface area contributed by atoms with Crippen LogP contribution in [0.3, 0.4) is 0 Å². The van der Waals surface area contributed by atoms with Gasteiger partial charge in [-0.15, -0.1) is 0 Å². The Balaban J connectivity index is 1.59. The van der Waals surface area contributed by atoms with Gasteiger partial charge in [0.15, 0.2) is 0 Å². The van der Waals surface area contributed by atoms with E-state index in [0.717, 1.165) is 18.7 Å². The summed E-state index contributed by atoms with van der Waals surface area (Å²) >= 11 is 0. The summed E-state index contributed by atoms with van der Waals surface area (Å²) < 4.78 is 18.6. The molecule has 0 bridgehead atoms. The van der Waals surface area contributed by atoms with Crippen molar-refractivity contribution in [2.75, 3.05) is 39.9 Å². The maximum absolute atomic E-state index is 13.1. The predicted molar refractivity (Wildman–Crippen MR) is 112 cm³/mol. The summed E-state index contributed by atoms with van der Waals surface area (Å²) in [5, 5.41) is 3.18. The fourth-order valence-electron chi connectivity index (χ4n) is 3.90. The molecular weight excluding hydrogens is 369 g/mol. The van der Waals surface area contributed by atoms with Gasteiger partial charge in [-0.25, -0.2) is 4.39 Å². The van der Waals surface area contributed by atoms with Crippen molar-refractivity contribution in [3.8, 4) is 0 Å². The first-order valence-corrected chi connectivity index (χ1v) is 10.1. The second-order valence-corrected chi connectivity index (χ2v) is 7.66. The molecule has 6 heteroatoms. The van der Waals surface area contributed by atoms with Crippen molar-refractivity contribution < 1.29 is 13.9 Å². The Hall–Kier alpha value is -2.28. The number of morpholine rings is 1. The van der Waals surface area contributed by atoms with Gasteiger partial charge < -0.3 is 10.1 Å². The molecule has 29 heavy (non-hydrogen) atoms. The zero-order valence-corrected chi connectivity index (χ0v) is 17.2. The van der Waals surface area contributed by atoms with Crippen LogP contribution < -0.4 is 5.32 Å². The largest absolute Gasteiger partial charge is 0.379 e. The maximum atomic E-state index is 13.1. The third-order valence-corrected chi connectivity index (χ3v) is 5.22. The van der Waals surface area contributed by atoms with E-state index in [1.54, 1.807) is 12.1 Å². The van der Waals surface area contributed by atoms with Gasteiger partial charge in [0.25, 0.3) is 0 Å². The van der Waals surface area contributed by atoms with E-state index in [1.165, 1.54) is 17.7 Å². The first-order valence-electron chi connectivity index (χ1n) is 10.1. The van der Waals surface area contributed by atoms with Crippen molar-refractivity contribution in [2.45, 2.75) is 25.6 Å². The number of hydrogen-bond donors (Lipinski definition) is 1. The van der Waals surface area contributed by atoms with Gasteiger partial charge >= 0.3 is 0 Å². The van der Waals surface area contributed by atoms with E-state index < -0.39 is 0 Å². The van der Waals surface area contributed by atoms with E-state index in [0.29, 0.717) is 19.8 Å². The minimum atomic E-state index is -0.252. The number of likely N-dealkylation sites (N-methyl/N-ethyl adjacent to an activating group) is 1. The predicted octanol–water partition coefficient (Wildman–Crippen LogP) is 2.84. The number of halogens is 1. The molecule has 1 amide bonds. The highest BCUT2D eigenvalue weighted by atomic mass is 19.1. The van der Waals surface area contributed by atoms with Gasteiger partial charge in [0.1, 0.15) is 5.82 Å². The van der Waals surface area contributed by atoms with Crippen molar-refractivity contribution in [1.29, 1.82) is 0 Å². The molecule has 0 saturated carbocycles. The van der Waals surface area contributed by atoms with Crippen molar-refractivity contribution >= 4 is 5.91 Å². The van der Waals surface area contributed by atoms with Crippen LogP contribution >= 0.6 is 0 Å². The summed E-state index contributed by atoms with van der Waals surface area (Å²) in [4.78, 5) is 17.0. The Bertz CT molecular complexity index is 763. The number of nitrogens with zero attached hydrogens (tertiary/aromatic N) is 2. The standard InChI is InChI=1S/C23H30FN3O2/c1-18(23(20-6-4-3-5-7-20)27-12-14-29-15-13-27)25-22(28)17-26(2)16-19-8-10-21(24)11-9-19/h3-11,18,23H,12-17H2,1-2H3,(H,25,28)/t18-,23+/m1/s1. The minimum absolute atomic E-state index is 0.0173.